The molecule has 0 saturated carbocycles. The van der Waals surface area contributed by atoms with Crippen LogP contribution in [-0.2, 0) is 22.6 Å². The summed E-state index contributed by atoms with van der Waals surface area (Å²) in [6.07, 6.45) is -3.09. The summed E-state index contributed by atoms with van der Waals surface area (Å²) in [6.45, 7) is 1.20. The van der Waals surface area contributed by atoms with Gasteiger partial charge in [-0.25, -0.2) is 18.8 Å². The first-order valence-corrected chi connectivity index (χ1v) is 10.9. The molecule has 0 fully saturated rings. The van der Waals surface area contributed by atoms with Crippen LogP contribution in [0.3, 0.4) is 0 Å². The van der Waals surface area contributed by atoms with Crippen LogP contribution in [0.2, 0.25) is 0 Å². The summed E-state index contributed by atoms with van der Waals surface area (Å²) >= 11 is 0. The van der Waals surface area contributed by atoms with E-state index in [4.69, 9.17) is 15.6 Å². The Hall–Kier alpha value is -4.40. The molecule has 2 aromatic heterocycles. The smallest absolute Gasteiger partial charge is 0.475 e. The first kappa shape index (κ1) is 28.2. The minimum absolute atomic E-state index is 0.0140. The van der Waals surface area contributed by atoms with Crippen molar-refractivity contribution < 1.29 is 36.6 Å². The number of hydrogen-bond acceptors (Lipinski definition) is 6. The number of carbonyl (C=O) groups is 2. The number of anilines is 1. The monoisotopic (exact) mass is 540 g/mol. The van der Waals surface area contributed by atoms with Crippen molar-refractivity contribution in [2.24, 2.45) is 5.73 Å². The van der Waals surface area contributed by atoms with Gasteiger partial charge in [0.2, 0.25) is 5.91 Å². The van der Waals surface area contributed by atoms with E-state index >= 15 is 0 Å². The van der Waals surface area contributed by atoms with Crippen LogP contribution in [0.25, 0.3) is 16.9 Å². The normalized spacial score (nSPS) is 12.7. The number of nitrogens with zero attached hydrogens (tertiary/aromatic N) is 4. The van der Waals surface area contributed by atoms with E-state index in [0.29, 0.717) is 24.2 Å². The number of hydrogen-bond donors (Lipinski definition) is 3. The molecule has 0 unspecified atom stereocenters. The average molecular weight is 540 g/mol. The number of fused-ring (bicyclic) bond motifs is 1. The number of pyridine rings is 1. The molecular formula is C23H21F5N6O4. The Morgan fingerprint density at radius 3 is 2.42 bits per heavy atom. The summed E-state index contributed by atoms with van der Waals surface area (Å²) in [4.78, 5) is 37.5. The number of benzene rings is 1. The average Bonchev–Trinajstić information content (AvgIpc) is 3.22. The van der Waals surface area contributed by atoms with E-state index in [1.54, 1.807) is 12.1 Å². The van der Waals surface area contributed by atoms with E-state index in [1.165, 1.54) is 17.1 Å². The molecule has 202 valence electrons. The molecular weight excluding hydrogens is 519 g/mol. The van der Waals surface area contributed by atoms with E-state index in [1.807, 2.05) is 19.1 Å². The number of nitrogens with two attached hydrogens (primary N) is 1. The van der Waals surface area contributed by atoms with E-state index < -0.39 is 23.9 Å². The number of amides is 1. The van der Waals surface area contributed by atoms with E-state index in [-0.39, 0.29) is 24.6 Å². The molecule has 38 heavy (non-hydrogen) atoms. The van der Waals surface area contributed by atoms with Crippen molar-refractivity contribution in [2.75, 3.05) is 11.9 Å². The predicted molar refractivity (Wildman–Crippen MR) is 125 cm³/mol. The number of carbonyl (C=O) groups excluding carboxylic acids is 1. The van der Waals surface area contributed by atoms with Crippen molar-refractivity contribution in [1.29, 1.82) is 0 Å². The van der Waals surface area contributed by atoms with Crippen molar-refractivity contribution in [2.45, 2.75) is 32.5 Å². The first-order valence-electron chi connectivity index (χ1n) is 10.9. The van der Waals surface area contributed by atoms with Gasteiger partial charge in [0.25, 0.3) is 6.08 Å². The molecule has 3 heterocycles. The summed E-state index contributed by atoms with van der Waals surface area (Å²) in [5.74, 6) is -2.74. The lowest BCUT2D eigenvalue weighted by Crippen LogP contribution is -2.26. The number of halogens is 5. The Balaban J connectivity index is 0.000000505. The zero-order valence-corrected chi connectivity index (χ0v) is 19.7. The molecule has 3 aromatic rings. The maximum Gasteiger partial charge on any atom is 0.490 e. The number of alkyl halides is 3. The van der Waals surface area contributed by atoms with Crippen LogP contribution in [0.15, 0.2) is 53.2 Å². The third-order valence-electron chi connectivity index (χ3n) is 5.45. The van der Waals surface area contributed by atoms with Crippen LogP contribution in [0.4, 0.5) is 27.6 Å². The van der Waals surface area contributed by atoms with Gasteiger partial charge in [0, 0.05) is 29.8 Å². The highest BCUT2D eigenvalue weighted by atomic mass is 19.4. The van der Waals surface area contributed by atoms with Crippen molar-refractivity contribution in [3.8, 4) is 16.9 Å². The summed E-state index contributed by atoms with van der Waals surface area (Å²) in [6, 6.07) is 7.43. The van der Waals surface area contributed by atoms with Gasteiger partial charge in [0.1, 0.15) is 6.33 Å². The lowest BCUT2D eigenvalue weighted by Gasteiger charge is -2.20. The Morgan fingerprint density at radius 2 is 1.87 bits per heavy atom. The fourth-order valence-corrected chi connectivity index (χ4v) is 3.54. The lowest BCUT2D eigenvalue weighted by molar-refractivity contribution is -0.192. The molecule has 0 radical (unpaired) electrons. The van der Waals surface area contributed by atoms with Gasteiger partial charge in [-0.3, -0.25) is 9.78 Å². The fourth-order valence-electron chi connectivity index (χ4n) is 3.54. The maximum absolute atomic E-state index is 12.8. The van der Waals surface area contributed by atoms with Crippen molar-refractivity contribution in [3.05, 3.63) is 70.1 Å². The van der Waals surface area contributed by atoms with Crippen LogP contribution in [0.1, 0.15) is 17.5 Å². The highest BCUT2D eigenvalue weighted by Crippen LogP contribution is 2.31. The van der Waals surface area contributed by atoms with Gasteiger partial charge in [0.05, 0.1) is 24.1 Å². The molecule has 1 amide bonds. The summed E-state index contributed by atoms with van der Waals surface area (Å²) < 4.78 is 59.5. The summed E-state index contributed by atoms with van der Waals surface area (Å²) in [5, 5.41) is 13.9. The van der Waals surface area contributed by atoms with Crippen molar-refractivity contribution >= 4 is 17.6 Å². The second kappa shape index (κ2) is 11.3. The highest BCUT2D eigenvalue weighted by molar-refractivity contribution is 5.95. The fraction of sp³-hybridized carbons (Fsp3) is 0.261. The second-order valence-electron chi connectivity index (χ2n) is 8.09. The van der Waals surface area contributed by atoms with E-state index in [9.17, 15) is 31.5 Å². The van der Waals surface area contributed by atoms with Crippen molar-refractivity contribution in [1.82, 2.24) is 19.3 Å². The van der Waals surface area contributed by atoms with E-state index in [2.05, 4.69) is 15.4 Å². The zero-order valence-electron chi connectivity index (χ0n) is 19.7. The predicted octanol–water partition coefficient (Wildman–Crippen LogP) is 3.03. The molecule has 1 aliphatic heterocycles. The standard InChI is InChI=1S/C21H20F2N6O2.C2HF3O2/c1-12-6-14(7-13-2-5-18(30)27-19(12)13)17-4-3-16(9-25-17)28-11-26-29(21(28)31)10-15(8-24)20(22)23;3-2(4,5)1(6)7/h3-4,6-7,9,11H,2,5,8,10,24H2,1H3,(H,27,30);(H,6,7). The van der Waals surface area contributed by atoms with Crippen LogP contribution >= 0.6 is 0 Å². The second-order valence-corrected chi connectivity index (χ2v) is 8.09. The van der Waals surface area contributed by atoms with Gasteiger partial charge in [-0.05, 0) is 48.7 Å². The molecule has 1 aliphatic rings. The maximum atomic E-state index is 12.8. The van der Waals surface area contributed by atoms with Gasteiger partial charge >= 0.3 is 17.8 Å². The zero-order chi connectivity index (χ0) is 28.2. The number of aryl methyl sites for hydroxylation is 2. The lowest BCUT2D eigenvalue weighted by atomic mass is 9.95. The van der Waals surface area contributed by atoms with Gasteiger partial charge in [-0.1, -0.05) is 0 Å². The van der Waals surface area contributed by atoms with Crippen LogP contribution in [0.5, 0.6) is 0 Å². The number of carboxylic acid groups (broad SMARTS) is 1. The largest absolute Gasteiger partial charge is 0.490 e. The molecule has 0 atom stereocenters. The number of rotatable bonds is 5. The van der Waals surface area contributed by atoms with Crippen LogP contribution < -0.4 is 16.7 Å². The molecule has 0 saturated heterocycles. The Labute approximate surface area is 211 Å². The molecule has 0 spiro atoms. The topological polar surface area (TPSA) is 145 Å². The Morgan fingerprint density at radius 1 is 1.18 bits per heavy atom. The SMILES string of the molecule is Cc1cc(-c2ccc(-n3cnn(CC(CN)=C(F)F)c3=O)cn2)cc2c1NC(=O)CC2.O=C(O)C(F)(F)F. The minimum atomic E-state index is -5.08. The molecule has 0 bridgehead atoms. The number of aromatic nitrogens is 4. The Kier molecular flexibility index (Phi) is 8.40. The molecule has 10 nitrogen and oxygen atoms in total. The van der Waals surface area contributed by atoms with Crippen LogP contribution in [-0.4, -0.2) is 49.0 Å². The molecule has 4 N–H and O–H groups in total. The number of nitrogens with one attached hydrogen (secondary N) is 1. The van der Waals surface area contributed by atoms with E-state index in [0.717, 1.165) is 27.1 Å². The van der Waals surface area contributed by atoms with Crippen LogP contribution in [0, 0.1) is 6.92 Å². The molecule has 4 rings (SSSR count). The summed E-state index contributed by atoms with van der Waals surface area (Å²) in [5.41, 5.74) is 9.32. The van der Waals surface area contributed by atoms with Gasteiger partial charge in [-0.2, -0.15) is 27.1 Å². The molecule has 15 heteroatoms. The summed E-state index contributed by atoms with van der Waals surface area (Å²) in [7, 11) is 0. The van der Waals surface area contributed by atoms with Gasteiger partial charge in [0.15, 0.2) is 0 Å². The van der Waals surface area contributed by atoms with Crippen molar-refractivity contribution in [3.63, 3.8) is 0 Å². The first-order chi connectivity index (χ1) is 17.8. The van der Waals surface area contributed by atoms with Gasteiger partial charge < -0.3 is 16.2 Å². The minimum Gasteiger partial charge on any atom is -0.475 e. The Bertz CT molecular complexity index is 1440. The quantitative estimate of drug-likeness (QED) is 0.422. The highest BCUT2D eigenvalue weighted by Gasteiger charge is 2.38. The third-order valence-corrected chi connectivity index (χ3v) is 5.45. The number of aliphatic carboxylic acids is 1. The van der Waals surface area contributed by atoms with Gasteiger partial charge in [-0.15, -0.1) is 0 Å². The molecule has 0 aliphatic carbocycles. The third kappa shape index (κ3) is 6.47. The molecule has 1 aromatic carbocycles. The number of carboxylic acids is 1.